The number of hydrogen-bond acceptors (Lipinski definition) is 4. The molecule has 5 nitrogen and oxygen atoms in total. The van der Waals surface area contributed by atoms with E-state index in [9.17, 15) is 15.0 Å². The summed E-state index contributed by atoms with van der Waals surface area (Å²) in [4.78, 5) is 12.1. The molecule has 0 radical (unpaired) electrons. The van der Waals surface area contributed by atoms with Crippen molar-refractivity contribution in [2.45, 2.75) is 13.0 Å². The molecule has 0 unspecified atom stereocenters. The van der Waals surface area contributed by atoms with E-state index in [2.05, 4.69) is 5.32 Å². The minimum atomic E-state index is -0.502. The summed E-state index contributed by atoms with van der Waals surface area (Å²) in [6.07, 6.45) is 0. The van der Waals surface area contributed by atoms with Crippen LogP contribution >= 0.6 is 0 Å². The van der Waals surface area contributed by atoms with E-state index in [-0.39, 0.29) is 17.4 Å². The molecule has 21 heavy (non-hydrogen) atoms. The first-order valence-corrected chi connectivity index (χ1v) is 6.35. The molecule has 0 aliphatic rings. The van der Waals surface area contributed by atoms with Crippen molar-refractivity contribution in [3.05, 3.63) is 59.2 Å². The maximum Gasteiger partial charge on any atom is 0.255 e. The average molecular weight is 282 g/mol. The number of hydrogen-bond donors (Lipinski definition) is 3. The van der Waals surface area contributed by atoms with E-state index in [4.69, 9.17) is 5.26 Å². The fourth-order valence-electron chi connectivity index (χ4n) is 1.95. The van der Waals surface area contributed by atoms with Crippen molar-refractivity contribution in [2.24, 2.45) is 0 Å². The Morgan fingerprint density at radius 3 is 2.67 bits per heavy atom. The molecule has 0 fully saturated rings. The van der Waals surface area contributed by atoms with Crippen LogP contribution in [0.15, 0.2) is 42.5 Å². The van der Waals surface area contributed by atoms with Crippen LogP contribution in [0.25, 0.3) is 0 Å². The Morgan fingerprint density at radius 2 is 1.95 bits per heavy atom. The Morgan fingerprint density at radius 1 is 1.24 bits per heavy atom. The summed E-state index contributed by atoms with van der Waals surface area (Å²) >= 11 is 0. The second kappa shape index (κ2) is 5.97. The van der Waals surface area contributed by atoms with Gasteiger partial charge in [-0.15, -0.1) is 0 Å². The lowest BCUT2D eigenvalue weighted by molar-refractivity contribution is 0.0936. The molecule has 0 heterocycles. The van der Waals surface area contributed by atoms with Crippen LogP contribution in [0, 0.1) is 11.3 Å². The predicted octanol–water partition coefficient (Wildman–Crippen LogP) is 2.46. The Hall–Kier alpha value is -3.00. The number of amides is 1. The number of benzene rings is 2. The third kappa shape index (κ3) is 3.12. The van der Waals surface area contributed by atoms with E-state index < -0.39 is 11.7 Å². The first-order chi connectivity index (χ1) is 10.0. The number of nitriles is 1. The molecular formula is C16H14N2O3. The molecule has 5 heteroatoms. The van der Waals surface area contributed by atoms with E-state index in [1.165, 1.54) is 18.2 Å². The van der Waals surface area contributed by atoms with Crippen LogP contribution in [-0.4, -0.2) is 16.1 Å². The Labute approximate surface area is 122 Å². The van der Waals surface area contributed by atoms with Gasteiger partial charge >= 0.3 is 0 Å². The molecule has 2 aromatic rings. The molecule has 0 aliphatic carbocycles. The summed E-state index contributed by atoms with van der Waals surface area (Å²) in [5.41, 5.74) is 1.29. The molecule has 1 atom stereocenters. The van der Waals surface area contributed by atoms with Gasteiger partial charge in [-0.05, 0) is 36.8 Å². The van der Waals surface area contributed by atoms with Gasteiger partial charge in [0.25, 0.3) is 5.91 Å². The van der Waals surface area contributed by atoms with E-state index >= 15 is 0 Å². The van der Waals surface area contributed by atoms with Gasteiger partial charge < -0.3 is 15.5 Å². The van der Waals surface area contributed by atoms with Crippen molar-refractivity contribution >= 4 is 5.91 Å². The van der Waals surface area contributed by atoms with Crippen LogP contribution in [0.2, 0.25) is 0 Å². The van der Waals surface area contributed by atoms with Gasteiger partial charge in [-0.1, -0.05) is 18.2 Å². The Kier molecular flexibility index (Phi) is 4.10. The molecule has 2 rings (SSSR count). The van der Waals surface area contributed by atoms with Crippen molar-refractivity contribution in [1.29, 1.82) is 5.26 Å². The molecule has 0 saturated heterocycles. The third-order valence-corrected chi connectivity index (χ3v) is 3.12. The second-order valence-corrected chi connectivity index (χ2v) is 4.61. The maximum atomic E-state index is 12.1. The predicted molar refractivity (Wildman–Crippen MR) is 76.8 cm³/mol. The molecule has 2 aromatic carbocycles. The van der Waals surface area contributed by atoms with E-state index in [1.54, 1.807) is 31.2 Å². The highest BCUT2D eigenvalue weighted by molar-refractivity contribution is 5.97. The van der Waals surface area contributed by atoms with Crippen molar-refractivity contribution < 1.29 is 15.0 Å². The van der Waals surface area contributed by atoms with Crippen molar-refractivity contribution in [1.82, 2.24) is 5.32 Å². The number of phenols is 2. The molecule has 1 amide bonds. The maximum absolute atomic E-state index is 12.1. The summed E-state index contributed by atoms with van der Waals surface area (Å²) in [5, 5.41) is 30.7. The SMILES string of the molecule is C[C@@H](NC(=O)c1cccc(O)c1O)c1cccc(C#N)c1. The lowest BCUT2D eigenvalue weighted by atomic mass is 10.0. The number of carbonyl (C=O) groups is 1. The molecule has 0 aromatic heterocycles. The van der Waals surface area contributed by atoms with Crippen molar-refractivity contribution in [3.63, 3.8) is 0 Å². The zero-order valence-electron chi connectivity index (χ0n) is 11.4. The highest BCUT2D eigenvalue weighted by atomic mass is 16.3. The molecule has 0 spiro atoms. The highest BCUT2D eigenvalue weighted by Crippen LogP contribution is 2.28. The number of phenolic OH excluding ortho intramolecular Hbond substituents is 2. The third-order valence-electron chi connectivity index (χ3n) is 3.12. The van der Waals surface area contributed by atoms with Crippen molar-refractivity contribution in [2.75, 3.05) is 0 Å². The van der Waals surface area contributed by atoms with Gasteiger partial charge in [0.1, 0.15) is 0 Å². The zero-order valence-corrected chi connectivity index (χ0v) is 11.4. The first-order valence-electron chi connectivity index (χ1n) is 6.35. The fourth-order valence-corrected chi connectivity index (χ4v) is 1.95. The van der Waals surface area contributed by atoms with Crippen LogP contribution in [0.4, 0.5) is 0 Å². The minimum absolute atomic E-state index is 0.00159. The quantitative estimate of drug-likeness (QED) is 0.754. The van der Waals surface area contributed by atoms with E-state index in [0.29, 0.717) is 5.56 Å². The molecule has 3 N–H and O–H groups in total. The van der Waals surface area contributed by atoms with Gasteiger partial charge in [0, 0.05) is 0 Å². The highest BCUT2D eigenvalue weighted by Gasteiger charge is 2.16. The van der Waals surface area contributed by atoms with Gasteiger partial charge in [0.05, 0.1) is 23.2 Å². The van der Waals surface area contributed by atoms with Gasteiger partial charge in [-0.3, -0.25) is 4.79 Å². The largest absolute Gasteiger partial charge is 0.504 e. The Bertz CT molecular complexity index is 720. The smallest absolute Gasteiger partial charge is 0.255 e. The average Bonchev–Trinajstić information content (AvgIpc) is 2.49. The lowest BCUT2D eigenvalue weighted by Crippen LogP contribution is -2.26. The lowest BCUT2D eigenvalue weighted by Gasteiger charge is -2.15. The molecule has 0 bridgehead atoms. The van der Waals surface area contributed by atoms with Gasteiger partial charge in [0.2, 0.25) is 0 Å². The summed E-state index contributed by atoms with van der Waals surface area (Å²) in [7, 11) is 0. The molecule has 0 saturated carbocycles. The number of aromatic hydroxyl groups is 2. The summed E-state index contributed by atoms with van der Waals surface area (Å²) < 4.78 is 0. The molecule has 106 valence electrons. The van der Waals surface area contributed by atoms with Crippen LogP contribution in [0.3, 0.4) is 0 Å². The van der Waals surface area contributed by atoms with Crippen LogP contribution in [-0.2, 0) is 0 Å². The van der Waals surface area contributed by atoms with Gasteiger partial charge in [-0.2, -0.15) is 5.26 Å². The fraction of sp³-hybridized carbons (Fsp3) is 0.125. The minimum Gasteiger partial charge on any atom is -0.504 e. The van der Waals surface area contributed by atoms with E-state index in [0.717, 1.165) is 5.56 Å². The topological polar surface area (TPSA) is 93.3 Å². The van der Waals surface area contributed by atoms with Crippen LogP contribution in [0.5, 0.6) is 11.5 Å². The van der Waals surface area contributed by atoms with Crippen molar-refractivity contribution in [3.8, 4) is 17.6 Å². The summed E-state index contributed by atoms with van der Waals surface area (Å²) in [6.45, 7) is 1.77. The van der Waals surface area contributed by atoms with Gasteiger partial charge in [0.15, 0.2) is 11.5 Å². The number of carbonyl (C=O) groups excluding carboxylic acids is 1. The Balaban J connectivity index is 2.19. The number of nitrogens with zero attached hydrogens (tertiary/aromatic N) is 1. The first kappa shape index (κ1) is 14.4. The number of para-hydroxylation sites is 1. The summed E-state index contributed by atoms with van der Waals surface area (Å²) in [6, 6.07) is 12.8. The molecule has 0 aliphatic heterocycles. The normalized spacial score (nSPS) is 11.4. The second-order valence-electron chi connectivity index (χ2n) is 4.61. The molecular weight excluding hydrogens is 268 g/mol. The van der Waals surface area contributed by atoms with Gasteiger partial charge in [-0.25, -0.2) is 0 Å². The van der Waals surface area contributed by atoms with E-state index in [1.807, 2.05) is 6.07 Å². The zero-order chi connectivity index (χ0) is 15.4. The number of rotatable bonds is 3. The summed E-state index contributed by atoms with van der Waals surface area (Å²) in [5.74, 6) is -1.30. The standard InChI is InChI=1S/C16H14N2O3/c1-10(12-5-2-4-11(8-12)9-17)18-16(21)13-6-3-7-14(19)15(13)20/h2-8,10,19-20H,1H3,(H,18,21)/t10-/m1/s1. The van der Waals surface area contributed by atoms with Crippen LogP contribution in [0.1, 0.15) is 34.5 Å². The monoisotopic (exact) mass is 282 g/mol. The van der Waals surface area contributed by atoms with Crippen LogP contribution < -0.4 is 5.32 Å². The number of nitrogens with one attached hydrogen (secondary N) is 1.